The Bertz CT molecular complexity index is 1160. The molecule has 4 heterocycles. The largest absolute Gasteiger partial charge is 0.481 e. The molecule has 0 saturated heterocycles. The predicted molar refractivity (Wildman–Crippen MR) is 135 cm³/mol. The van der Waals surface area contributed by atoms with Gasteiger partial charge in [-0.1, -0.05) is 45.3 Å². The van der Waals surface area contributed by atoms with E-state index in [0.29, 0.717) is 31.0 Å². The van der Waals surface area contributed by atoms with Crippen LogP contribution < -0.4 is 0 Å². The summed E-state index contributed by atoms with van der Waals surface area (Å²) in [6.45, 7) is 10.0. The number of carbonyl (C=O) groups excluding carboxylic acids is 1. The van der Waals surface area contributed by atoms with Crippen LogP contribution in [0, 0.1) is 0 Å². The molecule has 0 radical (unpaired) electrons. The monoisotopic (exact) mass is 501 g/mol. The van der Waals surface area contributed by atoms with E-state index in [2.05, 4.69) is 50.5 Å². The van der Waals surface area contributed by atoms with Gasteiger partial charge in [0.1, 0.15) is 17.0 Å². The van der Waals surface area contributed by atoms with E-state index in [1.807, 2.05) is 39.0 Å². The molecule has 180 valence electrons. The number of nitrogens with zero attached hydrogens (tertiary/aromatic N) is 6. The molecule has 4 rings (SSSR count). The van der Waals surface area contributed by atoms with Gasteiger partial charge in [0.15, 0.2) is 0 Å². The Kier molecular flexibility index (Phi) is 7.01. The van der Waals surface area contributed by atoms with Crippen molar-refractivity contribution in [3.8, 4) is 0 Å². The Morgan fingerprint density at radius 3 is 2.91 bits per heavy atom. The first kappa shape index (κ1) is 24.3. The van der Waals surface area contributed by atoms with Gasteiger partial charge in [0.2, 0.25) is 5.89 Å². The van der Waals surface area contributed by atoms with Gasteiger partial charge in [0.25, 0.3) is 0 Å². The molecule has 2 unspecified atom stereocenters. The van der Waals surface area contributed by atoms with E-state index < -0.39 is 0 Å². The number of aromatic amines is 1. The first-order valence-electron chi connectivity index (χ1n) is 10.9. The van der Waals surface area contributed by atoms with Crippen LogP contribution in [0.4, 0.5) is 0 Å². The topological polar surface area (TPSA) is 113 Å². The second-order valence-electron chi connectivity index (χ2n) is 8.96. The summed E-state index contributed by atoms with van der Waals surface area (Å²) >= 11 is 0. The summed E-state index contributed by atoms with van der Waals surface area (Å²) in [6.07, 6.45) is 10.3. The van der Waals surface area contributed by atoms with Crippen LogP contribution in [0.5, 0.6) is 0 Å². The van der Waals surface area contributed by atoms with Gasteiger partial charge in [-0.2, -0.15) is 5.10 Å². The highest BCUT2D eigenvalue weighted by atomic mass is 31.1. The Morgan fingerprint density at radius 1 is 1.44 bits per heavy atom. The lowest BCUT2D eigenvalue weighted by molar-refractivity contribution is 0.0612. The van der Waals surface area contributed by atoms with Gasteiger partial charge in [0, 0.05) is 37.0 Å². The highest BCUT2D eigenvalue weighted by Gasteiger charge is 2.36. The number of hydrogen-bond acceptors (Lipinski definition) is 8. The van der Waals surface area contributed by atoms with Crippen molar-refractivity contribution in [1.82, 2.24) is 30.1 Å². The summed E-state index contributed by atoms with van der Waals surface area (Å²) < 4.78 is 11.7. The van der Waals surface area contributed by atoms with Gasteiger partial charge in [-0.15, -0.1) is 10.2 Å². The quantitative estimate of drug-likeness (QED) is 0.476. The van der Waals surface area contributed by atoms with Crippen LogP contribution in [-0.4, -0.2) is 54.8 Å². The van der Waals surface area contributed by atoms with E-state index in [-0.39, 0.29) is 28.8 Å². The molecule has 1 N–H and O–H groups in total. The zero-order valence-corrected chi connectivity index (χ0v) is 21.7. The van der Waals surface area contributed by atoms with Gasteiger partial charge in [0.05, 0.1) is 18.1 Å². The second kappa shape index (κ2) is 9.80. The molecular weight excluding hydrogens is 472 g/mol. The molecule has 0 bridgehead atoms. The van der Waals surface area contributed by atoms with Crippen molar-refractivity contribution >= 4 is 31.1 Å². The fourth-order valence-corrected chi connectivity index (χ4v) is 4.14. The molecular formula is C22H29N7O3P2. The SMILES string of the molecule is C=NN1C=CC=C(OC(P)P)/C1=C/C[C@H]1c2nc[nH]c2CCN1C(=O)c1nnc(C(C)(C)C)o1. The Labute approximate surface area is 203 Å². The standard InChI is InChI=1S/C22H29N7O3P2/c1-22(2,3)20-27-26-18(32-20)19(30)28-11-9-13-17(25-12-24-13)15(28)8-7-14-16(31-21(33)34)6-5-10-29(14)23-4/h5-7,10,12,15,21H,4,8-9,11,33-34H2,1-3H3,(H,24,25)/b14-7-/t15-/m0/s1. The molecule has 0 fully saturated rings. The Morgan fingerprint density at radius 2 is 2.24 bits per heavy atom. The van der Waals surface area contributed by atoms with Crippen molar-refractivity contribution in [1.29, 1.82) is 0 Å². The first-order valence-corrected chi connectivity index (χ1v) is 12.2. The molecule has 1 amide bonds. The van der Waals surface area contributed by atoms with E-state index in [1.165, 1.54) is 0 Å². The highest BCUT2D eigenvalue weighted by Crippen LogP contribution is 2.34. The molecule has 12 heteroatoms. The van der Waals surface area contributed by atoms with Gasteiger partial charge in [-0.25, -0.2) is 9.99 Å². The van der Waals surface area contributed by atoms with Crippen molar-refractivity contribution in [2.75, 3.05) is 6.54 Å². The van der Waals surface area contributed by atoms with Crippen LogP contribution >= 0.6 is 18.5 Å². The second-order valence-corrected chi connectivity index (χ2v) is 11.0. The molecule has 2 aliphatic heterocycles. The lowest BCUT2D eigenvalue weighted by atomic mass is 9.97. The van der Waals surface area contributed by atoms with Crippen LogP contribution in [0.3, 0.4) is 0 Å². The molecule has 10 nitrogen and oxygen atoms in total. The summed E-state index contributed by atoms with van der Waals surface area (Å²) in [5.41, 5.74) is 2.04. The van der Waals surface area contributed by atoms with Crippen molar-refractivity contribution in [2.24, 2.45) is 5.10 Å². The zero-order chi connectivity index (χ0) is 24.5. The summed E-state index contributed by atoms with van der Waals surface area (Å²) in [4.78, 5) is 22.9. The molecule has 2 aromatic heterocycles. The van der Waals surface area contributed by atoms with E-state index in [0.717, 1.165) is 17.1 Å². The number of H-pyrrole nitrogens is 1. The Balaban J connectivity index is 1.65. The van der Waals surface area contributed by atoms with Crippen molar-refractivity contribution in [2.45, 2.75) is 50.7 Å². The number of rotatable bonds is 6. The minimum Gasteiger partial charge on any atom is -0.481 e. The predicted octanol–water partition coefficient (Wildman–Crippen LogP) is 3.48. The molecule has 2 aliphatic rings. The van der Waals surface area contributed by atoms with Crippen LogP contribution in [0.2, 0.25) is 0 Å². The summed E-state index contributed by atoms with van der Waals surface area (Å²) in [5.74, 6) is 0.733. The first-order chi connectivity index (χ1) is 16.2. The number of aromatic nitrogens is 4. The zero-order valence-electron chi connectivity index (χ0n) is 19.4. The fraction of sp³-hybridized carbons (Fsp3) is 0.409. The van der Waals surface area contributed by atoms with Gasteiger partial charge < -0.3 is 19.0 Å². The number of hydrazone groups is 1. The van der Waals surface area contributed by atoms with Gasteiger partial charge in [-0.3, -0.25) is 4.79 Å². The number of nitrogens with one attached hydrogen (secondary N) is 1. The molecule has 3 atom stereocenters. The summed E-state index contributed by atoms with van der Waals surface area (Å²) in [7, 11) is 5.16. The van der Waals surface area contributed by atoms with E-state index in [1.54, 1.807) is 22.4 Å². The Hall–Kier alpha value is -2.83. The van der Waals surface area contributed by atoms with Crippen molar-refractivity contribution in [3.63, 3.8) is 0 Å². The maximum Gasteiger partial charge on any atom is 0.311 e. The van der Waals surface area contributed by atoms with Gasteiger partial charge in [-0.05, 0) is 18.6 Å². The van der Waals surface area contributed by atoms with Crippen LogP contribution in [0.25, 0.3) is 0 Å². The number of hydrogen-bond donors (Lipinski definition) is 1. The maximum atomic E-state index is 13.4. The minimum atomic E-state index is -0.349. The normalized spacial score (nSPS) is 19.4. The van der Waals surface area contributed by atoms with E-state index in [4.69, 9.17) is 9.15 Å². The summed E-state index contributed by atoms with van der Waals surface area (Å²) in [6, 6.07) is -0.332. The van der Waals surface area contributed by atoms with E-state index >= 15 is 0 Å². The number of allylic oxidation sites excluding steroid dienone is 2. The molecule has 0 spiro atoms. The van der Waals surface area contributed by atoms with E-state index in [9.17, 15) is 4.79 Å². The van der Waals surface area contributed by atoms with Crippen molar-refractivity contribution < 1.29 is 13.9 Å². The third-order valence-electron chi connectivity index (χ3n) is 5.48. The molecule has 0 aliphatic carbocycles. The van der Waals surface area contributed by atoms with Crippen LogP contribution in [-0.2, 0) is 16.6 Å². The fourth-order valence-electron chi connectivity index (χ4n) is 3.85. The highest BCUT2D eigenvalue weighted by molar-refractivity contribution is 7.37. The number of ether oxygens (including phenoxy) is 1. The van der Waals surface area contributed by atoms with Crippen molar-refractivity contribution in [3.05, 3.63) is 65.4 Å². The molecule has 0 aromatic carbocycles. The van der Waals surface area contributed by atoms with Crippen LogP contribution in [0.15, 0.2) is 51.7 Å². The lowest BCUT2D eigenvalue weighted by Gasteiger charge is -2.34. The molecule has 34 heavy (non-hydrogen) atoms. The number of amides is 1. The lowest BCUT2D eigenvalue weighted by Crippen LogP contribution is -2.40. The average molecular weight is 501 g/mol. The third kappa shape index (κ3) is 4.98. The minimum absolute atomic E-state index is 0.0191. The molecule has 2 aromatic rings. The number of imidazole rings is 1. The maximum absolute atomic E-state index is 13.4. The average Bonchev–Trinajstić information content (AvgIpc) is 3.46. The smallest absolute Gasteiger partial charge is 0.311 e. The number of carbonyl (C=O) groups is 1. The van der Waals surface area contributed by atoms with Gasteiger partial charge >= 0.3 is 11.8 Å². The number of fused-ring (bicyclic) bond motifs is 1. The molecule has 0 saturated carbocycles. The summed E-state index contributed by atoms with van der Waals surface area (Å²) in [5, 5.41) is 13.8. The third-order valence-corrected chi connectivity index (χ3v) is 5.75. The van der Waals surface area contributed by atoms with Crippen LogP contribution in [0.1, 0.15) is 61.2 Å².